The summed E-state index contributed by atoms with van der Waals surface area (Å²) >= 11 is 0. The number of ether oxygens (including phenoxy) is 4. The molecule has 0 aromatic rings. The maximum atomic E-state index is 12.1. The molecule has 8 nitrogen and oxygen atoms in total. The molecule has 272 valence electrons. The van der Waals surface area contributed by atoms with Gasteiger partial charge in [-0.25, -0.2) is 0 Å². The second-order valence-electron chi connectivity index (χ2n) is 16.1. The Morgan fingerprint density at radius 2 is 1.30 bits per heavy atom. The molecule has 0 amide bonds. The first-order valence-corrected chi connectivity index (χ1v) is 17.0. The van der Waals surface area contributed by atoms with Crippen LogP contribution in [0.25, 0.3) is 0 Å². The van der Waals surface area contributed by atoms with Crippen LogP contribution in [-0.4, -0.2) is 49.8 Å². The SMILES string of the molecule is C.C.C.C.CCC(C)(C)C(=O)OC.CCC(C)(C)C(=O)OC1C2CC3CC2C(=O)OC31.O=C1OCC2C3CC(C12)C1C2CCC(C2)C31. The van der Waals surface area contributed by atoms with Gasteiger partial charge in [-0.05, 0) is 115 Å². The zero-order valence-corrected chi connectivity index (χ0v) is 27.1. The highest BCUT2D eigenvalue weighted by Crippen LogP contribution is 2.71. The van der Waals surface area contributed by atoms with Gasteiger partial charge in [-0.2, -0.15) is 0 Å². The maximum absolute atomic E-state index is 12.1. The summed E-state index contributed by atoms with van der Waals surface area (Å²) < 4.78 is 20.9. The largest absolute Gasteiger partial charge is 0.469 e. The lowest BCUT2D eigenvalue weighted by Gasteiger charge is -2.40. The summed E-state index contributed by atoms with van der Waals surface area (Å²) in [5.74, 6) is 6.85. The van der Waals surface area contributed by atoms with E-state index in [1.165, 1.54) is 32.8 Å². The summed E-state index contributed by atoms with van der Waals surface area (Å²) in [6.07, 6.45) is 8.92. The molecular formula is C39H68O8. The van der Waals surface area contributed by atoms with Gasteiger partial charge in [0.05, 0.1) is 36.4 Å². The topological polar surface area (TPSA) is 105 Å². The smallest absolute Gasteiger partial charge is 0.311 e. The number of carbonyl (C=O) groups is 4. The molecule has 0 spiro atoms. The minimum Gasteiger partial charge on any atom is -0.469 e. The Labute approximate surface area is 286 Å². The lowest BCUT2D eigenvalue weighted by molar-refractivity contribution is -0.200. The fourth-order valence-electron chi connectivity index (χ4n) is 10.5. The van der Waals surface area contributed by atoms with Crippen molar-refractivity contribution >= 4 is 23.9 Å². The highest BCUT2D eigenvalue weighted by Gasteiger charge is 2.69. The molecule has 13 atom stereocenters. The van der Waals surface area contributed by atoms with E-state index in [1.807, 2.05) is 41.5 Å². The van der Waals surface area contributed by atoms with Crippen molar-refractivity contribution in [2.75, 3.05) is 13.7 Å². The lowest BCUT2D eigenvalue weighted by atomic mass is 9.64. The number of rotatable bonds is 5. The van der Waals surface area contributed by atoms with Crippen LogP contribution in [0.3, 0.4) is 0 Å². The predicted octanol–water partition coefficient (Wildman–Crippen LogP) is 8.14. The zero-order valence-electron chi connectivity index (χ0n) is 27.1. The van der Waals surface area contributed by atoms with Gasteiger partial charge < -0.3 is 18.9 Å². The quantitative estimate of drug-likeness (QED) is 0.165. The monoisotopic (exact) mass is 664 g/mol. The summed E-state index contributed by atoms with van der Waals surface area (Å²) in [5.41, 5.74) is -0.764. The molecule has 3 saturated heterocycles. The summed E-state index contributed by atoms with van der Waals surface area (Å²) in [7, 11) is 1.42. The van der Waals surface area contributed by atoms with Gasteiger partial charge in [0.15, 0.2) is 0 Å². The highest BCUT2D eigenvalue weighted by atomic mass is 16.6. The number of esters is 4. The van der Waals surface area contributed by atoms with Gasteiger partial charge in [0, 0.05) is 17.8 Å². The van der Waals surface area contributed by atoms with Gasteiger partial charge in [0.2, 0.25) is 0 Å². The predicted molar refractivity (Wildman–Crippen MR) is 184 cm³/mol. The second kappa shape index (κ2) is 14.8. The van der Waals surface area contributed by atoms with Crippen molar-refractivity contribution in [2.24, 2.45) is 75.9 Å². The zero-order chi connectivity index (χ0) is 31.0. The van der Waals surface area contributed by atoms with Crippen molar-refractivity contribution in [1.82, 2.24) is 0 Å². The molecule has 3 aliphatic heterocycles. The number of methoxy groups -OCH3 is 1. The fraction of sp³-hybridized carbons (Fsp3) is 0.897. The molecule has 0 aromatic heterocycles. The molecule has 9 rings (SSSR count). The van der Waals surface area contributed by atoms with Crippen LogP contribution in [0, 0.1) is 75.9 Å². The lowest BCUT2D eigenvalue weighted by Crippen LogP contribution is -2.52. The number of hydrogen-bond acceptors (Lipinski definition) is 8. The highest BCUT2D eigenvalue weighted by molar-refractivity contribution is 5.78. The summed E-state index contributed by atoms with van der Waals surface area (Å²) in [6.45, 7) is 12.2. The van der Waals surface area contributed by atoms with Gasteiger partial charge in [-0.1, -0.05) is 43.6 Å². The van der Waals surface area contributed by atoms with Crippen LogP contribution >= 0.6 is 0 Å². The fourth-order valence-corrected chi connectivity index (χ4v) is 10.5. The molecule has 0 radical (unpaired) electrons. The molecule has 9 aliphatic rings. The van der Waals surface area contributed by atoms with E-state index in [1.54, 1.807) is 0 Å². The Kier molecular flexibility index (Phi) is 12.9. The van der Waals surface area contributed by atoms with Crippen molar-refractivity contribution < 1.29 is 38.1 Å². The number of fused-ring (bicyclic) bond motifs is 13. The molecule has 9 fully saturated rings. The summed E-state index contributed by atoms with van der Waals surface area (Å²) in [6, 6.07) is 0. The van der Waals surface area contributed by atoms with Crippen LogP contribution in [-0.2, 0) is 38.1 Å². The van der Waals surface area contributed by atoms with E-state index in [-0.39, 0.29) is 83.0 Å². The standard InChI is InChI=1S/C14H20O4.C14H18O2.C7H14O2.4CH4/c1-4-14(2,3)13(16)18-11-8-5-7-6-9(8)12(15)17-10(7)11;15-14-13-9-4-8(10(13)5-16-14)11-6-1-2-7(3-6)12(9)11;1-5-7(2,3)6(8)9-4;;;;/h7-11H,4-6H2,1-3H3;6-13H,1-5H2;5H2,1-4H3;4*1H4. The molecule has 0 aromatic carbocycles. The molecule has 0 N–H and O–H groups in total. The molecule has 6 aliphatic carbocycles. The normalized spacial score (nSPS) is 39.9. The number of carbonyl (C=O) groups excluding carboxylic acids is 4. The molecule has 8 heteroatoms. The number of cyclic esters (lactones) is 1. The summed E-state index contributed by atoms with van der Waals surface area (Å²) in [5, 5.41) is 0. The van der Waals surface area contributed by atoms with Crippen molar-refractivity contribution in [3.63, 3.8) is 0 Å². The molecular weight excluding hydrogens is 596 g/mol. The van der Waals surface area contributed by atoms with Crippen molar-refractivity contribution in [3.8, 4) is 0 Å². The first-order valence-electron chi connectivity index (χ1n) is 17.0. The van der Waals surface area contributed by atoms with Gasteiger partial charge in [-0.15, -0.1) is 0 Å². The van der Waals surface area contributed by atoms with E-state index < -0.39 is 5.41 Å². The molecule has 47 heavy (non-hydrogen) atoms. The third-order valence-electron chi connectivity index (χ3n) is 13.5. The third kappa shape index (κ3) is 6.61. The first kappa shape index (κ1) is 41.1. The second-order valence-corrected chi connectivity index (χ2v) is 16.1. The van der Waals surface area contributed by atoms with Gasteiger partial charge in [-0.3, -0.25) is 19.2 Å². The van der Waals surface area contributed by atoms with Gasteiger partial charge >= 0.3 is 23.9 Å². The van der Waals surface area contributed by atoms with Gasteiger partial charge in [0.25, 0.3) is 0 Å². The Morgan fingerprint density at radius 1 is 0.723 bits per heavy atom. The Hall–Kier alpha value is -2.12. The Bertz CT molecular complexity index is 1140. The third-order valence-corrected chi connectivity index (χ3v) is 13.5. The minimum atomic E-state index is -0.453. The Balaban J connectivity index is 0.000000247. The minimum absolute atomic E-state index is 0. The number of hydrogen-bond donors (Lipinski definition) is 0. The average molecular weight is 665 g/mol. The van der Waals surface area contributed by atoms with Crippen LogP contribution in [0.5, 0.6) is 0 Å². The van der Waals surface area contributed by atoms with E-state index in [4.69, 9.17) is 14.2 Å². The summed E-state index contributed by atoms with van der Waals surface area (Å²) in [4.78, 5) is 46.4. The van der Waals surface area contributed by atoms with Crippen molar-refractivity contribution in [2.45, 2.75) is 135 Å². The van der Waals surface area contributed by atoms with E-state index in [9.17, 15) is 19.2 Å². The maximum Gasteiger partial charge on any atom is 0.311 e. The van der Waals surface area contributed by atoms with Crippen LogP contribution in [0.1, 0.15) is 123 Å². The van der Waals surface area contributed by atoms with Crippen molar-refractivity contribution in [3.05, 3.63) is 0 Å². The van der Waals surface area contributed by atoms with Crippen LogP contribution in [0.15, 0.2) is 0 Å². The average Bonchev–Trinajstić information content (AvgIpc) is 3.83. The van der Waals surface area contributed by atoms with Crippen LogP contribution < -0.4 is 0 Å². The van der Waals surface area contributed by atoms with Crippen LogP contribution in [0.4, 0.5) is 0 Å². The Morgan fingerprint density at radius 3 is 1.83 bits per heavy atom. The van der Waals surface area contributed by atoms with Crippen molar-refractivity contribution in [1.29, 1.82) is 0 Å². The molecule has 3 heterocycles. The molecule has 13 unspecified atom stereocenters. The first-order chi connectivity index (χ1) is 20.3. The van der Waals surface area contributed by atoms with E-state index in [0.29, 0.717) is 17.8 Å². The van der Waals surface area contributed by atoms with E-state index in [2.05, 4.69) is 4.74 Å². The molecule has 8 bridgehead atoms. The van der Waals surface area contributed by atoms with Gasteiger partial charge in [0.1, 0.15) is 12.2 Å². The van der Waals surface area contributed by atoms with E-state index >= 15 is 0 Å². The van der Waals surface area contributed by atoms with Crippen LogP contribution in [0.2, 0.25) is 0 Å². The molecule has 6 saturated carbocycles. The van der Waals surface area contributed by atoms with E-state index in [0.717, 1.165) is 67.8 Å².